The second-order valence-corrected chi connectivity index (χ2v) is 3.53. The van der Waals surface area contributed by atoms with Gasteiger partial charge in [-0.3, -0.25) is 4.79 Å². The van der Waals surface area contributed by atoms with Gasteiger partial charge in [0.2, 0.25) is 5.91 Å². The lowest BCUT2D eigenvalue weighted by Crippen LogP contribution is -2.29. The monoisotopic (exact) mass is 223 g/mol. The van der Waals surface area contributed by atoms with Crippen molar-refractivity contribution in [3.63, 3.8) is 0 Å². The van der Waals surface area contributed by atoms with Crippen LogP contribution in [0.1, 0.15) is 6.42 Å². The van der Waals surface area contributed by atoms with E-state index in [9.17, 15) is 4.79 Å². The van der Waals surface area contributed by atoms with E-state index in [2.05, 4.69) is 20.9 Å². The molecule has 1 aromatic rings. The zero-order valence-corrected chi connectivity index (χ0v) is 7.84. The molecule has 0 spiro atoms. The zero-order valence-electron chi connectivity index (χ0n) is 6.25. The van der Waals surface area contributed by atoms with Crippen LogP contribution in [0.4, 0.5) is 0 Å². The van der Waals surface area contributed by atoms with E-state index in [1.54, 1.807) is 0 Å². The van der Waals surface area contributed by atoms with Crippen LogP contribution in [0.15, 0.2) is 27.7 Å². The molecule has 0 aromatic heterocycles. The number of nitrogens with zero attached hydrogens (tertiary/aromatic N) is 1. The maximum atomic E-state index is 10.9. The summed E-state index contributed by atoms with van der Waals surface area (Å²) in [4.78, 5) is 14.8. The van der Waals surface area contributed by atoms with Gasteiger partial charge in [0.05, 0.1) is 5.36 Å². The number of carbonyl (C=O) groups is 1. The van der Waals surface area contributed by atoms with Crippen molar-refractivity contribution in [1.82, 2.24) is 0 Å². The predicted octanol–water partition coefficient (Wildman–Crippen LogP) is 0.780. The predicted molar refractivity (Wildman–Crippen MR) is 49.0 cm³/mol. The van der Waals surface area contributed by atoms with Gasteiger partial charge in [0.15, 0.2) is 0 Å². The van der Waals surface area contributed by atoms with E-state index in [1.807, 2.05) is 24.3 Å². The van der Waals surface area contributed by atoms with E-state index in [-0.39, 0.29) is 5.91 Å². The Bertz CT molecular complexity index is 450. The summed E-state index contributed by atoms with van der Waals surface area (Å²) in [7, 11) is 0. The number of hydrogen-bond donors (Lipinski definition) is 0. The minimum absolute atomic E-state index is 0.0650. The van der Waals surface area contributed by atoms with Crippen LogP contribution < -0.4 is 10.6 Å². The molecule has 1 aromatic carbocycles. The first-order valence-corrected chi connectivity index (χ1v) is 4.42. The summed E-state index contributed by atoms with van der Waals surface area (Å²) >= 11 is 3.36. The molecule has 0 saturated heterocycles. The van der Waals surface area contributed by atoms with Crippen molar-refractivity contribution < 1.29 is 4.79 Å². The molecule has 1 aliphatic rings. The molecule has 0 radical (unpaired) electrons. The summed E-state index contributed by atoms with van der Waals surface area (Å²) in [6.45, 7) is 0. The summed E-state index contributed by atoms with van der Waals surface area (Å²) in [6.07, 6.45) is 2.32. The van der Waals surface area contributed by atoms with Gasteiger partial charge in [-0.2, -0.15) is 0 Å². The Balaban J connectivity index is 2.79. The molecule has 0 unspecified atom stereocenters. The molecule has 0 aliphatic carbocycles. The molecule has 0 N–H and O–H groups in total. The third kappa shape index (κ3) is 1.32. The third-order valence-electron chi connectivity index (χ3n) is 1.73. The number of hydrogen-bond acceptors (Lipinski definition) is 1. The van der Waals surface area contributed by atoms with Gasteiger partial charge in [0.25, 0.3) is 0 Å². The standard InChI is InChI=1S/C9H6BrNO/c10-7-2-3-8-6(5-7)1-4-9(12)11-8/h1-3,5H,4H2. The summed E-state index contributed by atoms with van der Waals surface area (Å²) in [6, 6.07) is 5.69. The van der Waals surface area contributed by atoms with Crippen molar-refractivity contribution in [2.24, 2.45) is 4.99 Å². The van der Waals surface area contributed by atoms with Gasteiger partial charge in [-0.1, -0.05) is 22.0 Å². The summed E-state index contributed by atoms with van der Waals surface area (Å²) in [5, 5.41) is 1.80. The molecule has 60 valence electrons. The van der Waals surface area contributed by atoms with Crippen LogP contribution in [-0.2, 0) is 4.79 Å². The van der Waals surface area contributed by atoms with Gasteiger partial charge in [-0.15, -0.1) is 0 Å². The number of carbonyl (C=O) groups excluding carboxylic acids is 1. The van der Waals surface area contributed by atoms with E-state index in [4.69, 9.17) is 0 Å². The Labute approximate surface area is 77.8 Å². The topological polar surface area (TPSA) is 29.4 Å². The number of fused-ring (bicyclic) bond motifs is 1. The fourth-order valence-electron chi connectivity index (χ4n) is 1.17. The van der Waals surface area contributed by atoms with Crippen molar-refractivity contribution in [2.75, 3.05) is 0 Å². The Hall–Kier alpha value is -0.960. The Morgan fingerprint density at radius 1 is 1.42 bits per heavy atom. The van der Waals surface area contributed by atoms with Gasteiger partial charge in [-0.25, -0.2) is 4.99 Å². The van der Waals surface area contributed by atoms with E-state index in [0.29, 0.717) is 6.42 Å². The highest BCUT2D eigenvalue weighted by Gasteiger charge is 2.01. The first-order valence-electron chi connectivity index (χ1n) is 3.63. The average molecular weight is 224 g/mol. The second kappa shape index (κ2) is 2.83. The molecule has 1 amide bonds. The van der Waals surface area contributed by atoms with Gasteiger partial charge in [-0.05, 0) is 23.4 Å². The molecule has 0 fully saturated rings. The minimum atomic E-state index is -0.0650. The van der Waals surface area contributed by atoms with Crippen LogP contribution in [0, 0.1) is 0 Å². The molecule has 1 heterocycles. The zero-order chi connectivity index (χ0) is 8.55. The Kier molecular flexibility index (Phi) is 1.81. The normalized spacial score (nSPS) is 14.6. The fraction of sp³-hybridized carbons (Fsp3) is 0.111. The third-order valence-corrected chi connectivity index (χ3v) is 2.22. The van der Waals surface area contributed by atoms with Crippen LogP contribution in [0.2, 0.25) is 0 Å². The molecule has 2 rings (SSSR count). The molecule has 3 heteroatoms. The quantitative estimate of drug-likeness (QED) is 0.640. The SMILES string of the molecule is O=C1CC=c2cc(Br)ccc2=N1. The molecular formula is C9H6BrNO. The van der Waals surface area contributed by atoms with Gasteiger partial charge >= 0.3 is 0 Å². The van der Waals surface area contributed by atoms with E-state index in [0.717, 1.165) is 15.0 Å². The van der Waals surface area contributed by atoms with Crippen molar-refractivity contribution >= 4 is 27.9 Å². The van der Waals surface area contributed by atoms with Crippen molar-refractivity contribution in [1.29, 1.82) is 0 Å². The molecule has 12 heavy (non-hydrogen) atoms. The first-order chi connectivity index (χ1) is 5.75. The highest BCUT2D eigenvalue weighted by atomic mass is 79.9. The van der Waals surface area contributed by atoms with Crippen LogP contribution in [-0.4, -0.2) is 5.91 Å². The van der Waals surface area contributed by atoms with Crippen LogP contribution >= 0.6 is 15.9 Å². The molecule has 2 nitrogen and oxygen atoms in total. The van der Waals surface area contributed by atoms with Crippen molar-refractivity contribution in [3.8, 4) is 0 Å². The molecular weight excluding hydrogens is 218 g/mol. The number of rotatable bonds is 0. The van der Waals surface area contributed by atoms with Crippen LogP contribution in [0.3, 0.4) is 0 Å². The van der Waals surface area contributed by atoms with Crippen LogP contribution in [0.25, 0.3) is 6.08 Å². The largest absolute Gasteiger partial charge is 0.272 e. The first kappa shape index (κ1) is 7.68. The molecule has 0 atom stereocenters. The number of halogens is 1. The van der Waals surface area contributed by atoms with Gasteiger partial charge < -0.3 is 0 Å². The van der Waals surface area contributed by atoms with Gasteiger partial charge in [0, 0.05) is 10.9 Å². The van der Waals surface area contributed by atoms with Crippen molar-refractivity contribution in [3.05, 3.63) is 33.2 Å². The Morgan fingerprint density at radius 2 is 2.25 bits per heavy atom. The van der Waals surface area contributed by atoms with Crippen molar-refractivity contribution in [2.45, 2.75) is 6.42 Å². The number of benzene rings is 1. The highest BCUT2D eigenvalue weighted by molar-refractivity contribution is 9.10. The summed E-state index contributed by atoms with van der Waals surface area (Å²) in [5.41, 5.74) is 0. The maximum absolute atomic E-state index is 10.9. The minimum Gasteiger partial charge on any atom is -0.272 e. The number of amides is 1. The molecule has 1 aliphatic heterocycles. The van der Waals surface area contributed by atoms with E-state index >= 15 is 0 Å². The highest BCUT2D eigenvalue weighted by Crippen LogP contribution is 2.02. The summed E-state index contributed by atoms with van der Waals surface area (Å²) < 4.78 is 1.02. The lowest BCUT2D eigenvalue weighted by molar-refractivity contribution is -0.117. The smallest absolute Gasteiger partial charge is 0.250 e. The lowest BCUT2D eigenvalue weighted by Gasteiger charge is -1.97. The van der Waals surface area contributed by atoms with Crippen LogP contribution in [0.5, 0.6) is 0 Å². The van der Waals surface area contributed by atoms with E-state index in [1.165, 1.54) is 0 Å². The molecule has 0 bridgehead atoms. The molecule has 0 saturated carbocycles. The fourth-order valence-corrected chi connectivity index (χ4v) is 1.55. The van der Waals surface area contributed by atoms with E-state index < -0.39 is 0 Å². The van der Waals surface area contributed by atoms with Gasteiger partial charge in [0.1, 0.15) is 0 Å². The average Bonchev–Trinajstić information content (AvgIpc) is 2.05. The lowest BCUT2D eigenvalue weighted by atomic mass is 10.2. The Morgan fingerprint density at radius 3 is 3.08 bits per heavy atom. The maximum Gasteiger partial charge on any atom is 0.250 e. The second-order valence-electron chi connectivity index (χ2n) is 2.62. The summed E-state index contributed by atoms with van der Waals surface area (Å²) in [5.74, 6) is -0.0650.